The van der Waals surface area contributed by atoms with Crippen molar-refractivity contribution in [3.05, 3.63) is 95.3 Å². The van der Waals surface area contributed by atoms with Crippen molar-refractivity contribution in [1.29, 1.82) is 0 Å². The molecule has 0 spiro atoms. The molecule has 0 saturated heterocycles. The summed E-state index contributed by atoms with van der Waals surface area (Å²) < 4.78 is 0. The molecule has 2 heterocycles. The van der Waals surface area contributed by atoms with Gasteiger partial charge in [0.2, 0.25) is 0 Å². The number of rotatable bonds is 5. The lowest BCUT2D eigenvalue weighted by molar-refractivity contribution is 0.0684. The van der Waals surface area contributed by atoms with Crippen LogP contribution in [0.2, 0.25) is 0 Å². The van der Waals surface area contributed by atoms with Gasteiger partial charge in [0.05, 0.1) is 0 Å². The van der Waals surface area contributed by atoms with Crippen LogP contribution >= 0.6 is 0 Å². The molecule has 0 radical (unpaired) electrons. The van der Waals surface area contributed by atoms with Gasteiger partial charge in [-0.15, -0.1) is 0 Å². The second-order valence-electron chi connectivity index (χ2n) is 7.85. The van der Waals surface area contributed by atoms with Gasteiger partial charge in [0, 0.05) is 37.6 Å². The van der Waals surface area contributed by atoms with E-state index in [1.54, 1.807) is 6.20 Å². The van der Waals surface area contributed by atoms with Crippen molar-refractivity contribution in [2.45, 2.75) is 39.4 Å². The third-order valence-electron chi connectivity index (χ3n) is 5.54. The van der Waals surface area contributed by atoms with Crippen LogP contribution in [0.25, 0.3) is 0 Å². The van der Waals surface area contributed by atoms with Crippen LogP contribution < -0.4 is 4.90 Å². The van der Waals surface area contributed by atoms with E-state index in [-0.39, 0.29) is 11.9 Å². The maximum absolute atomic E-state index is 13.3. The highest BCUT2D eigenvalue weighted by Gasteiger charge is 2.22. The summed E-state index contributed by atoms with van der Waals surface area (Å²) in [5.74, 6) is -0.0249. The molecule has 0 bridgehead atoms. The van der Waals surface area contributed by atoms with Crippen molar-refractivity contribution < 1.29 is 4.79 Å². The van der Waals surface area contributed by atoms with Crippen LogP contribution in [-0.4, -0.2) is 28.4 Å². The van der Waals surface area contributed by atoms with Gasteiger partial charge in [-0.25, -0.2) is 0 Å². The molecule has 1 amide bonds. The average molecular weight is 386 g/mol. The number of carbonyl (C=O) groups excluding carboxylic acids is 1. The first-order valence-corrected chi connectivity index (χ1v) is 10.2. The minimum Gasteiger partial charge on any atom is -0.367 e. The molecule has 0 aliphatic carbocycles. The van der Waals surface area contributed by atoms with E-state index < -0.39 is 0 Å². The van der Waals surface area contributed by atoms with Gasteiger partial charge in [0.25, 0.3) is 5.91 Å². The maximum Gasteiger partial charge on any atom is 0.273 e. The molecule has 1 aliphatic rings. The summed E-state index contributed by atoms with van der Waals surface area (Å²) in [5, 5.41) is 0. The molecule has 0 saturated carbocycles. The van der Waals surface area contributed by atoms with Crippen molar-refractivity contribution in [1.82, 2.24) is 9.88 Å². The van der Waals surface area contributed by atoms with Gasteiger partial charge in [0.1, 0.15) is 5.69 Å². The van der Waals surface area contributed by atoms with Gasteiger partial charge in [-0.3, -0.25) is 9.78 Å². The number of fused-ring (bicyclic) bond motifs is 1. The van der Waals surface area contributed by atoms with Crippen LogP contribution in [-0.2, 0) is 19.5 Å². The molecular formula is C25H27N3O. The molecular weight excluding hydrogens is 358 g/mol. The van der Waals surface area contributed by atoms with Gasteiger partial charge in [-0.05, 0) is 49.1 Å². The van der Waals surface area contributed by atoms with E-state index in [1.165, 1.54) is 11.1 Å². The van der Waals surface area contributed by atoms with E-state index in [0.717, 1.165) is 30.8 Å². The Morgan fingerprint density at radius 3 is 2.52 bits per heavy atom. The van der Waals surface area contributed by atoms with E-state index >= 15 is 0 Å². The Labute approximate surface area is 172 Å². The van der Waals surface area contributed by atoms with Crippen molar-refractivity contribution >= 4 is 11.6 Å². The molecule has 1 aliphatic heterocycles. The molecule has 0 N–H and O–H groups in total. The largest absolute Gasteiger partial charge is 0.367 e. The predicted octanol–water partition coefficient (Wildman–Crippen LogP) is 4.70. The number of anilines is 1. The monoisotopic (exact) mass is 385 g/mol. The number of hydrogen-bond acceptors (Lipinski definition) is 3. The Hall–Kier alpha value is -3.14. The summed E-state index contributed by atoms with van der Waals surface area (Å²) in [5.41, 5.74) is 5.46. The zero-order chi connectivity index (χ0) is 20.2. The summed E-state index contributed by atoms with van der Waals surface area (Å²) >= 11 is 0. The normalized spacial score (nSPS) is 13.3. The molecule has 4 heteroatoms. The highest BCUT2D eigenvalue weighted by molar-refractivity contribution is 5.93. The smallest absolute Gasteiger partial charge is 0.273 e. The fourth-order valence-electron chi connectivity index (χ4n) is 3.87. The zero-order valence-corrected chi connectivity index (χ0v) is 17.1. The first-order chi connectivity index (χ1) is 14.1. The second kappa shape index (κ2) is 8.48. The van der Waals surface area contributed by atoms with Gasteiger partial charge in [0.15, 0.2) is 0 Å². The van der Waals surface area contributed by atoms with Crippen molar-refractivity contribution in [2.75, 3.05) is 11.4 Å². The lowest BCUT2D eigenvalue weighted by atomic mass is 9.99. The molecule has 148 valence electrons. The van der Waals surface area contributed by atoms with E-state index in [1.807, 2.05) is 49.1 Å². The molecule has 29 heavy (non-hydrogen) atoms. The lowest BCUT2D eigenvalue weighted by Gasteiger charge is -2.31. The summed E-state index contributed by atoms with van der Waals surface area (Å²) in [6, 6.07) is 22.7. The number of hydrogen-bond donors (Lipinski definition) is 0. The fraction of sp³-hybridized carbons (Fsp3) is 0.280. The van der Waals surface area contributed by atoms with Crippen LogP contribution in [0.4, 0.5) is 5.69 Å². The van der Waals surface area contributed by atoms with Crippen molar-refractivity contribution in [3.8, 4) is 0 Å². The Bertz CT molecular complexity index is 984. The first-order valence-electron chi connectivity index (χ1n) is 10.2. The van der Waals surface area contributed by atoms with Crippen LogP contribution in [0, 0.1) is 0 Å². The SMILES string of the molecule is CC(C)N(Cc1ccccc1)C(=O)c1cc(N2CCc3ccccc3C2)ccn1. The molecule has 1 aromatic heterocycles. The Kier molecular flexibility index (Phi) is 5.61. The van der Waals surface area contributed by atoms with Gasteiger partial charge in [-0.1, -0.05) is 54.6 Å². The summed E-state index contributed by atoms with van der Waals surface area (Å²) in [6.45, 7) is 6.50. The van der Waals surface area contributed by atoms with Gasteiger partial charge in [-0.2, -0.15) is 0 Å². The maximum atomic E-state index is 13.3. The number of aromatic nitrogens is 1. The quantitative estimate of drug-likeness (QED) is 0.639. The summed E-state index contributed by atoms with van der Waals surface area (Å²) in [6.07, 6.45) is 2.78. The van der Waals surface area contributed by atoms with Crippen LogP contribution in [0.15, 0.2) is 72.9 Å². The summed E-state index contributed by atoms with van der Waals surface area (Å²) in [7, 11) is 0. The highest BCUT2D eigenvalue weighted by Crippen LogP contribution is 2.25. The van der Waals surface area contributed by atoms with Crippen LogP contribution in [0.3, 0.4) is 0 Å². The first kappa shape index (κ1) is 19.2. The number of amides is 1. The van der Waals surface area contributed by atoms with E-state index in [4.69, 9.17) is 0 Å². The Morgan fingerprint density at radius 1 is 1.03 bits per heavy atom. The number of pyridine rings is 1. The number of carbonyl (C=O) groups is 1. The molecule has 3 aromatic rings. The van der Waals surface area contributed by atoms with Crippen molar-refractivity contribution in [3.63, 3.8) is 0 Å². The van der Waals surface area contributed by atoms with Crippen LogP contribution in [0.1, 0.15) is 41.0 Å². The molecule has 0 atom stereocenters. The van der Waals surface area contributed by atoms with E-state index in [0.29, 0.717) is 12.2 Å². The number of nitrogens with zero attached hydrogens (tertiary/aromatic N) is 3. The molecule has 4 rings (SSSR count). The minimum atomic E-state index is -0.0249. The molecule has 0 fully saturated rings. The average Bonchev–Trinajstić information content (AvgIpc) is 2.77. The standard InChI is InChI=1S/C25H27N3O/c1-19(2)28(17-20-8-4-3-5-9-20)25(29)24-16-23(12-14-26-24)27-15-13-21-10-6-7-11-22(21)18-27/h3-12,14,16,19H,13,15,17-18H2,1-2H3. The molecule has 4 nitrogen and oxygen atoms in total. The van der Waals surface area contributed by atoms with Crippen molar-refractivity contribution in [2.24, 2.45) is 0 Å². The molecule has 0 unspecified atom stereocenters. The lowest BCUT2D eigenvalue weighted by Crippen LogP contribution is -2.37. The Balaban J connectivity index is 1.55. The third-order valence-corrected chi connectivity index (χ3v) is 5.54. The summed E-state index contributed by atoms with van der Waals surface area (Å²) in [4.78, 5) is 21.9. The van der Waals surface area contributed by atoms with Gasteiger partial charge >= 0.3 is 0 Å². The third kappa shape index (κ3) is 4.32. The fourth-order valence-corrected chi connectivity index (χ4v) is 3.87. The second-order valence-corrected chi connectivity index (χ2v) is 7.85. The minimum absolute atomic E-state index is 0.0249. The van der Waals surface area contributed by atoms with E-state index in [9.17, 15) is 4.79 Å². The highest BCUT2D eigenvalue weighted by atomic mass is 16.2. The zero-order valence-electron chi connectivity index (χ0n) is 17.1. The van der Waals surface area contributed by atoms with Crippen LogP contribution in [0.5, 0.6) is 0 Å². The topological polar surface area (TPSA) is 36.4 Å². The Morgan fingerprint density at radius 2 is 1.76 bits per heavy atom. The predicted molar refractivity (Wildman–Crippen MR) is 117 cm³/mol. The van der Waals surface area contributed by atoms with Gasteiger partial charge < -0.3 is 9.80 Å². The molecule has 2 aromatic carbocycles. The van der Waals surface area contributed by atoms with E-state index in [2.05, 4.69) is 46.3 Å². The number of benzene rings is 2.